The molecule has 0 fully saturated rings. The molecule has 0 saturated carbocycles. The van der Waals surface area contributed by atoms with Crippen molar-refractivity contribution in [2.75, 3.05) is 0 Å². The number of hydrogen-bond donors (Lipinski definition) is 0. The fourth-order valence-electron chi connectivity index (χ4n) is 7.23. The van der Waals surface area contributed by atoms with Crippen LogP contribution in [-0.4, -0.2) is 9.13 Å². The fourth-order valence-corrected chi connectivity index (χ4v) is 7.23. The smallest absolute Gasteiger partial charge is 0.206 e. The zero-order valence-corrected chi connectivity index (χ0v) is 25.8. The minimum absolute atomic E-state index is 0.344. The Balaban J connectivity index is 1.19. The molecule has 4 heteroatoms. The van der Waals surface area contributed by atoms with Gasteiger partial charge in [0.1, 0.15) is 0 Å². The first-order chi connectivity index (χ1) is 23.7. The second kappa shape index (κ2) is 10.9. The molecule has 0 unspecified atom stereocenters. The lowest BCUT2D eigenvalue weighted by atomic mass is 9.96. The second-order valence-corrected chi connectivity index (χ2v) is 12.0. The van der Waals surface area contributed by atoms with Gasteiger partial charge in [0.15, 0.2) is 0 Å². The molecule has 0 spiro atoms. The van der Waals surface area contributed by atoms with E-state index in [0.717, 1.165) is 55.4 Å². The lowest BCUT2D eigenvalue weighted by Gasteiger charge is -2.16. The van der Waals surface area contributed by atoms with Crippen LogP contribution in [0.15, 0.2) is 158 Å². The maximum Gasteiger partial charge on any atom is 0.206 e. The molecule has 0 atom stereocenters. The highest BCUT2D eigenvalue weighted by Crippen LogP contribution is 2.40. The van der Waals surface area contributed by atoms with Gasteiger partial charge in [0.25, 0.3) is 0 Å². The molecule has 9 aromatic rings. The van der Waals surface area contributed by atoms with E-state index in [1.807, 2.05) is 24.3 Å². The van der Waals surface area contributed by atoms with Crippen molar-refractivity contribution < 1.29 is 0 Å². The number of para-hydroxylation sites is 4. The first kappa shape index (κ1) is 27.4. The average Bonchev–Trinajstić information content (AvgIpc) is 3.67. The van der Waals surface area contributed by atoms with Gasteiger partial charge in [-0.15, -0.1) is 0 Å². The molecule has 0 saturated heterocycles. The van der Waals surface area contributed by atoms with Crippen molar-refractivity contribution in [2.45, 2.75) is 0 Å². The molecule has 9 rings (SSSR count). The van der Waals surface area contributed by atoms with E-state index in [1.54, 1.807) is 0 Å². The zero-order valence-electron chi connectivity index (χ0n) is 25.8. The van der Waals surface area contributed by atoms with E-state index in [9.17, 15) is 5.26 Å². The Kier molecular flexibility index (Phi) is 6.22. The summed E-state index contributed by atoms with van der Waals surface area (Å²) in [5.74, 6) is 0. The average molecular weight is 611 g/mol. The number of fused-ring (bicyclic) bond motifs is 6. The summed E-state index contributed by atoms with van der Waals surface area (Å²) in [6, 6.07) is 57.0. The molecule has 0 aliphatic heterocycles. The first-order valence-electron chi connectivity index (χ1n) is 15.9. The van der Waals surface area contributed by atoms with Crippen molar-refractivity contribution in [2.24, 2.45) is 0 Å². The number of aromatic nitrogens is 2. The normalized spacial score (nSPS) is 11.3. The van der Waals surface area contributed by atoms with Gasteiger partial charge in [-0.1, -0.05) is 109 Å². The van der Waals surface area contributed by atoms with Crippen molar-refractivity contribution in [3.63, 3.8) is 0 Å². The monoisotopic (exact) mass is 610 g/mol. The third-order valence-electron chi connectivity index (χ3n) is 9.39. The van der Waals surface area contributed by atoms with E-state index in [4.69, 9.17) is 6.57 Å². The van der Waals surface area contributed by atoms with Gasteiger partial charge in [0, 0.05) is 38.5 Å². The first-order valence-corrected chi connectivity index (χ1v) is 15.9. The summed E-state index contributed by atoms with van der Waals surface area (Å²) in [5.41, 5.74) is 11.2. The third-order valence-corrected chi connectivity index (χ3v) is 9.39. The Morgan fingerprint density at radius 3 is 1.50 bits per heavy atom. The van der Waals surface area contributed by atoms with E-state index >= 15 is 0 Å². The van der Waals surface area contributed by atoms with Crippen LogP contribution in [0.25, 0.3) is 82.1 Å². The highest BCUT2D eigenvalue weighted by Gasteiger charge is 2.19. The maximum absolute atomic E-state index is 10.0. The van der Waals surface area contributed by atoms with E-state index in [2.05, 4.69) is 154 Å². The summed E-state index contributed by atoms with van der Waals surface area (Å²) in [6.07, 6.45) is 0. The van der Waals surface area contributed by atoms with E-state index in [0.29, 0.717) is 11.3 Å². The molecule has 2 heterocycles. The predicted molar refractivity (Wildman–Crippen MR) is 197 cm³/mol. The lowest BCUT2D eigenvalue weighted by molar-refractivity contribution is 1.18. The van der Waals surface area contributed by atoms with Crippen molar-refractivity contribution in [3.05, 3.63) is 175 Å². The molecular formula is C44H26N4. The maximum atomic E-state index is 10.0. The van der Waals surface area contributed by atoms with Crippen LogP contribution >= 0.6 is 0 Å². The van der Waals surface area contributed by atoms with Crippen LogP contribution in [0.5, 0.6) is 0 Å². The predicted octanol–water partition coefficient (Wildman–Crippen LogP) is 11.6. The fraction of sp³-hybridized carbons (Fsp3) is 0. The van der Waals surface area contributed by atoms with E-state index in [1.165, 1.54) is 21.8 Å². The summed E-state index contributed by atoms with van der Waals surface area (Å²) >= 11 is 0. The molecule has 0 aliphatic rings. The minimum atomic E-state index is 0.344. The highest BCUT2D eigenvalue weighted by molar-refractivity contribution is 6.10. The molecule has 2 aromatic heterocycles. The molecule has 0 amide bonds. The molecule has 48 heavy (non-hydrogen) atoms. The molecule has 0 radical (unpaired) electrons. The number of nitrogens with zero attached hydrogens (tertiary/aromatic N) is 4. The van der Waals surface area contributed by atoms with E-state index < -0.39 is 0 Å². The van der Waals surface area contributed by atoms with Crippen molar-refractivity contribution >= 4 is 49.3 Å². The van der Waals surface area contributed by atoms with Gasteiger partial charge in [-0.3, -0.25) is 0 Å². The van der Waals surface area contributed by atoms with Crippen LogP contribution in [0.3, 0.4) is 0 Å². The number of rotatable bonds is 4. The molecule has 222 valence electrons. The summed E-state index contributed by atoms with van der Waals surface area (Å²) < 4.78 is 4.56. The van der Waals surface area contributed by atoms with Crippen LogP contribution in [-0.2, 0) is 0 Å². The van der Waals surface area contributed by atoms with Gasteiger partial charge in [-0.2, -0.15) is 5.26 Å². The van der Waals surface area contributed by atoms with Crippen molar-refractivity contribution in [1.29, 1.82) is 5.26 Å². The highest BCUT2D eigenvalue weighted by atomic mass is 15.0. The zero-order chi connectivity index (χ0) is 32.2. The van der Waals surface area contributed by atoms with Crippen LogP contribution in [0, 0.1) is 17.9 Å². The topological polar surface area (TPSA) is 38.0 Å². The van der Waals surface area contributed by atoms with Crippen LogP contribution in [0.2, 0.25) is 0 Å². The molecule has 0 N–H and O–H groups in total. The number of nitriles is 1. The van der Waals surface area contributed by atoms with Gasteiger partial charge < -0.3 is 9.13 Å². The standard InChI is InChI=1S/C44H26N4/c1-46-39-27-44(48-42-19-8-4-15-36(42)37-16-5-9-20-43(37)48)38(26-32(39)28-45)30-23-21-29(22-24-30)31-11-10-12-33(25-31)47-40-17-6-2-13-34(40)35-14-3-7-18-41(35)47/h2-27H. The molecule has 0 bridgehead atoms. The molecule has 0 aliphatic carbocycles. The number of hydrogen-bond acceptors (Lipinski definition) is 1. The van der Waals surface area contributed by atoms with Crippen LogP contribution in [0.4, 0.5) is 5.69 Å². The Labute approximate surface area is 277 Å². The summed E-state index contributed by atoms with van der Waals surface area (Å²) in [7, 11) is 0. The van der Waals surface area contributed by atoms with Crippen LogP contribution < -0.4 is 0 Å². The van der Waals surface area contributed by atoms with Gasteiger partial charge in [0.05, 0.1) is 40.3 Å². The number of benzene rings is 7. The van der Waals surface area contributed by atoms with Crippen LogP contribution in [0.1, 0.15) is 5.56 Å². The molecular weight excluding hydrogens is 585 g/mol. The Morgan fingerprint density at radius 1 is 0.479 bits per heavy atom. The quantitative estimate of drug-likeness (QED) is 0.183. The van der Waals surface area contributed by atoms with Gasteiger partial charge >= 0.3 is 0 Å². The second-order valence-electron chi connectivity index (χ2n) is 12.0. The SMILES string of the molecule is [C-]#[N+]c1cc(-n2c3ccccc3c3ccccc32)c(-c2ccc(-c3cccc(-n4c5ccccc5c5ccccc54)c3)cc2)cc1C#N. The van der Waals surface area contributed by atoms with Crippen molar-refractivity contribution in [3.8, 4) is 39.7 Å². The minimum Gasteiger partial charge on any atom is -0.310 e. The summed E-state index contributed by atoms with van der Waals surface area (Å²) in [5, 5.41) is 14.8. The van der Waals surface area contributed by atoms with Gasteiger partial charge in [0.2, 0.25) is 5.69 Å². The summed E-state index contributed by atoms with van der Waals surface area (Å²) in [6.45, 7) is 7.86. The largest absolute Gasteiger partial charge is 0.310 e. The van der Waals surface area contributed by atoms with E-state index in [-0.39, 0.29) is 0 Å². The Hall–Kier alpha value is -6.88. The Bertz CT molecular complexity index is 2690. The van der Waals surface area contributed by atoms with Gasteiger partial charge in [-0.25, -0.2) is 4.85 Å². The molecule has 7 aromatic carbocycles. The lowest BCUT2D eigenvalue weighted by Crippen LogP contribution is -1.98. The Morgan fingerprint density at radius 2 is 0.979 bits per heavy atom. The molecule has 4 nitrogen and oxygen atoms in total. The third kappa shape index (κ3) is 4.14. The van der Waals surface area contributed by atoms with Gasteiger partial charge in [-0.05, 0) is 65.2 Å². The van der Waals surface area contributed by atoms with Crippen molar-refractivity contribution in [1.82, 2.24) is 9.13 Å². The summed E-state index contributed by atoms with van der Waals surface area (Å²) in [4.78, 5) is 3.74.